The lowest BCUT2D eigenvalue weighted by Gasteiger charge is -2.19. The normalized spacial score (nSPS) is 12.1. The number of ketones is 1. The molecular formula is C30H29Cl3N2O3. The van der Waals surface area contributed by atoms with Crippen molar-refractivity contribution in [3.05, 3.63) is 93.2 Å². The highest BCUT2D eigenvalue weighted by Gasteiger charge is 2.26. The molecule has 4 rings (SSSR count). The molecule has 4 aromatic rings. The average Bonchev–Trinajstić information content (AvgIpc) is 3.28. The first-order valence-electron chi connectivity index (χ1n) is 12.1. The first kappa shape index (κ1) is 28.3. The minimum Gasteiger partial charge on any atom is -0.396 e. The topological polar surface area (TPSA) is 75.3 Å². The van der Waals surface area contributed by atoms with Gasteiger partial charge in [0.25, 0.3) is 0 Å². The van der Waals surface area contributed by atoms with E-state index in [2.05, 4.69) is 4.98 Å². The number of hydrogen-bond acceptors (Lipinski definition) is 4. The lowest BCUT2D eigenvalue weighted by molar-refractivity contribution is 0.0786. The van der Waals surface area contributed by atoms with Crippen molar-refractivity contribution in [2.45, 2.75) is 39.7 Å². The van der Waals surface area contributed by atoms with Gasteiger partial charge in [-0.15, -0.1) is 0 Å². The molecule has 198 valence electrons. The monoisotopic (exact) mass is 570 g/mol. The van der Waals surface area contributed by atoms with Crippen molar-refractivity contribution in [1.29, 1.82) is 0 Å². The molecule has 3 aromatic carbocycles. The molecule has 0 saturated carbocycles. The number of Topliss-reactive ketones (excluding diaryl/α,β-unsaturated/α-hetero) is 1. The Bertz CT molecular complexity index is 1480. The SMILES string of the molecule is CC(C)(CO)CC(=O)c1cn(-c2ccc(-c3cccc(C(C)(C)O)c3)cc2Cl)c(-c2c(Cl)cccc2Cl)n1. The van der Waals surface area contributed by atoms with Crippen LogP contribution in [0.1, 0.15) is 50.2 Å². The van der Waals surface area contributed by atoms with Gasteiger partial charge in [0.1, 0.15) is 11.5 Å². The highest BCUT2D eigenvalue weighted by Crippen LogP contribution is 2.38. The fraction of sp³-hybridized carbons (Fsp3) is 0.267. The van der Waals surface area contributed by atoms with E-state index < -0.39 is 11.0 Å². The summed E-state index contributed by atoms with van der Waals surface area (Å²) in [6.07, 6.45) is 1.74. The van der Waals surface area contributed by atoms with E-state index in [0.717, 1.165) is 16.7 Å². The number of aliphatic hydroxyl groups is 2. The maximum Gasteiger partial charge on any atom is 0.183 e. The van der Waals surface area contributed by atoms with Gasteiger partial charge >= 0.3 is 0 Å². The van der Waals surface area contributed by atoms with E-state index in [1.54, 1.807) is 42.8 Å². The van der Waals surface area contributed by atoms with Gasteiger partial charge in [0.05, 0.1) is 31.9 Å². The highest BCUT2D eigenvalue weighted by molar-refractivity contribution is 6.39. The Morgan fingerprint density at radius 3 is 2.13 bits per heavy atom. The largest absolute Gasteiger partial charge is 0.396 e. The zero-order chi connectivity index (χ0) is 27.8. The number of rotatable bonds is 8. The first-order valence-corrected chi connectivity index (χ1v) is 13.3. The van der Waals surface area contributed by atoms with Gasteiger partial charge in [-0.2, -0.15) is 0 Å². The zero-order valence-electron chi connectivity index (χ0n) is 21.6. The Morgan fingerprint density at radius 2 is 1.53 bits per heavy atom. The van der Waals surface area contributed by atoms with Crippen molar-refractivity contribution < 1.29 is 15.0 Å². The Labute approximate surface area is 237 Å². The first-order chi connectivity index (χ1) is 17.8. The summed E-state index contributed by atoms with van der Waals surface area (Å²) in [6, 6.07) is 18.4. The number of carbonyl (C=O) groups excluding carboxylic acids is 1. The molecule has 0 aliphatic carbocycles. The summed E-state index contributed by atoms with van der Waals surface area (Å²) >= 11 is 19.9. The number of halogens is 3. The van der Waals surface area contributed by atoms with Crippen LogP contribution in [-0.2, 0) is 5.60 Å². The molecule has 0 fully saturated rings. The lowest BCUT2D eigenvalue weighted by Crippen LogP contribution is -2.21. The smallest absolute Gasteiger partial charge is 0.183 e. The molecule has 0 bridgehead atoms. The van der Waals surface area contributed by atoms with E-state index >= 15 is 0 Å². The van der Waals surface area contributed by atoms with Crippen molar-refractivity contribution in [1.82, 2.24) is 9.55 Å². The van der Waals surface area contributed by atoms with Crippen LogP contribution in [-0.4, -0.2) is 32.2 Å². The van der Waals surface area contributed by atoms with Crippen molar-refractivity contribution in [3.63, 3.8) is 0 Å². The second-order valence-electron chi connectivity index (χ2n) is 10.6. The van der Waals surface area contributed by atoms with Gasteiger partial charge in [0, 0.05) is 19.2 Å². The summed E-state index contributed by atoms with van der Waals surface area (Å²) in [7, 11) is 0. The van der Waals surface area contributed by atoms with Crippen LogP contribution in [0.4, 0.5) is 0 Å². The van der Waals surface area contributed by atoms with Crippen LogP contribution in [0.3, 0.4) is 0 Å². The molecule has 0 spiro atoms. The maximum atomic E-state index is 13.1. The molecule has 0 aliphatic heterocycles. The second-order valence-corrected chi connectivity index (χ2v) is 11.9. The molecule has 5 nitrogen and oxygen atoms in total. The van der Waals surface area contributed by atoms with E-state index in [1.165, 1.54) is 0 Å². The van der Waals surface area contributed by atoms with Crippen LogP contribution in [0.2, 0.25) is 15.1 Å². The molecule has 0 atom stereocenters. The maximum absolute atomic E-state index is 13.1. The molecule has 0 radical (unpaired) electrons. The summed E-state index contributed by atoms with van der Waals surface area (Å²) in [5.74, 6) is 0.160. The molecule has 2 N–H and O–H groups in total. The fourth-order valence-electron chi connectivity index (χ4n) is 4.13. The summed E-state index contributed by atoms with van der Waals surface area (Å²) < 4.78 is 1.71. The minimum absolute atomic E-state index is 0.112. The Morgan fingerprint density at radius 1 is 0.895 bits per heavy atom. The number of benzene rings is 3. The average molecular weight is 572 g/mol. The van der Waals surface area contributed by atoms with Crippen LogP contribution in [0, 0.1) is 5.41 Å². The highest BCUT2D eigenvalue weighted by atomic mass is 35.5. The van der Waals surface area contributed by atoms with Gasteiger partial charge in [-0.25, -0.2) is 4.98 Å². The minimum atomic E-state index is -0.979. The van der Waals surface area contributed by atoms with Crippen molar-refractivity contribution in [2.75, 3.05) is 6.61 Å². The van der Waals surface area contributed by atoms with Gasteiger partial charge < -0.3 is 10.2 Å². The summed E-state index contributed by atoms with van der Waals surface area (Å²) in [4.78, 5) is 17.8. The van der Waals surface area contributed by atoms with Crippen LogP contribution < -0.4 is 0 Å². The van der Waals surface area contributed by atoms with Crippen LogP contribution in [0.15, 0.2) is 66.9 Å². The van der Waals surface area contributed by atoms with Gasteiger partial charge in [0.2, 0.25) is 0 Å². The number of carbonyl (C=O) groups is 1. The van der Waals surface area contributed by atoms with Gasteiger partial charge in [-0.05, 0) is 66.3 Å². The van der Waals surface area contributed by atoms with Gasteiger partial charge in [0.15, 0.2) is 5.78 Å². The van der Waals surface area contributed by atoms with E-state index in [0.29, 0.717) is 32.1 Å². The molecule has 0 saturated heterocycles. The molecule has 1 heterocycles. The van der Waals surface area contributed by atoms with E-state index in [1.807, 2.05) is 56.3 Å². The number of aliphatic hydroxyl groups excluding tert-OH is 1. The van der Waals surface area contributed by atoms with Crippen LogP contribution in [0.5, 0.6) is 0 Å². The number of imidazole rings is 1. The number of aromatic nitrogens is 2. The second kappa shape index (κ2) is 10.8. The van der Waals surface area contributed by atoms with Crippen molar-refractivity contribution in [2.24, 2.45) is 5.41 Å². The van der Waals surface area contributed by atoms with Gasteiger partial charge in [-0.1, -0.05) is 79.0 Å². The third-order valence-corrected chi connectivity index (χ3v) is 7.29. The number of hydrogen-bond donors (Lipinski definition) is 2. The summed E-state index contributed by atoms with van der Waals surface area (Å²) in [6.45, 7) is 6.98. The molecule has 38 heavy (non-hydrogen) atoms. The Hall–Kier alpha value is -2.67. The van der Waals surface area contributed by atoms with Crippen LogP contribution >= 0.6 is 34.8 Å². The molecule has 0 amide bonds. The Kier molecular flexibility index (Phi) is 8.08. The van der Waals surface area contributed by atoms with Crippen LogP contribution in [0.25, 0.3) is 28.2 Å². The lowest BCUT2D eigenvalue weighted by atomic mass is 9.88. The third kappa shape index (κ3) is 5.98. The standard InChI is InChI=1S/C30H29Cl3N2O3/c1-29(2,17-36)15-26(37)24-16-35(28(34-24)27-21(31)9-6-10-22(27)32)25-12-11-19(14-23(25)33)18-7-5-8-20(13-18)30(3,4)38/h5-14,16,36,38H,15,17H2,1-4H3. The third-order valence-electron chi connectivity index (χ3n) is 6.35. The Balaban J connectivity index is 1.84. The summed E-state index contributed by atoms with van der Waals surface area (Å²) in [5.41, 5.74) is 2.27. The van der Waals surface area contributed by atoms with E-state index in [-0.39, 0.29) is 24.5 Å². The summed E-state index contributed by atoms with van der Waals surface area (Å²) in [5, 5.41) is 21.3. The van der Waals surface area contributed by atoms with Crippen molar-refractivity contribution in [3.8, 4) is 28.2 Å². The molecule has 1 aromatic heterocycles. The zero-order valence-corrected chi connectivity index (χ0v) is 23.9. The van der Waals surface area contributed by atoms with Crippen molar-refractivity contribution >= 4 is 40.6 Å². The molecular weight excluding hydrogens is 543 g/mol. The molecule has 0 unspecified atom stereocenters. The van der Waals surface area contributed by atoms with Gasteiger partial charge in [-0.3, -0.25) is 9.36 Å². The van der Waals surface area contributed by atoms with E-state index in [9.17, 15) is 15.0 Å². The number of nitrogens with zero attached hydrogens (tertiary/aromatic N) is 2. The predicted molar refractivity (Wildman–Crippen MR) is 155 cm³/mol. The molecule has 8 heteroatoms. The quantitative estimate of drug-likeness (QED) is 0.210. The fourth-order valence-corrected chi connectivity index (χ4v) is 4.97. The van der Waals surface area contributed by atoms with E-state index in [4.69, 9.17) is 34.8 Å². The predicted octanol–water partition coefficient (Wildman–Crippen LogP) is 7.99. The molecule has 0 aliphatic rings.